The second kappa shape index (κ2) is 5.05. The number of anilines is 2. The highest BCUT2D eigenvalue weighted by Gasteiger charge is 2.05. The summed E-state index contributed by atoms with van der Waals surface area (Å²) in [6, 6.07) is 13.0. The Morgan fingerprint density at radius 3 is 3.00 bits per heavy atom. The van der Waals surface area contributed by atoms with Crippen LogP contribution in [0, 0.1) is 0 Å². The number of nitrogens with two attached hydrogens (primary N) is 1. The van der Waals surface area contributed by atoms with Gasteiger partial charge >= 0.3 is 0 Å². The van der Waals surface area contributed by atoms with Crippen LogP contribution in [0.3, 0.4) is 0 Å². The highest BCUT2D eigenvalue weighted by atomic mass is 16.1. The molecular weight excluding hydrogens is 252 g/mol. The third kappa shape index (κ3) is 2.61. The van der Waals surface area contributed by atoms with E-state index in [2.05, 4.69) is 15.5 Å². The third-order valence-electron chi connectivity index (χ3n) is 3.04. The summed E-state index contributed by atoms with van der Waals surface area (Å²) < 4.78 is 0. The third-order valence-corrected chi connectivity index (χ3v) is 3.04. The van der Waals surface area contributed by atoms with Crippen molar-refractivity contribution in [1.29, 1.82) is 0 Å². The van der Waals surface area contributed by atoms with Crippen LogP contribution in [0.4, 0.5) is 11.4 Å². The molecule has 5 nitrogen and oxygen atoms in total. The van der Waals surface area contributed by atoms with Gasteiger partial charge in [0.1, 0.15) is 0 Å². The maximum absolute atomic E-state index is 12.0. The summed E-state index contributed by atoms with van der Waals surface area (Å²) >= 11 is 0. The summed E-state index contributed by atoms with van der Waals surface area (Å²) in [4.78, 5) is 12.0. The summed E-state index contributed by atoms with van der Waals surface area (Å²) in [5.41, 5.74) is 8.89. The van der Waals surface area contributed by atoms with E-state index < -0.39 is 0 Å². The van der Waals surface area contributed by atoms with Crippen molar-refractivity contribution in [3.8, 4) is 0 Å². The van der Waals surface area contributed by atoms with Crippen molar-refractivity contribution < 1.29 is 4.79 Å². The maximum Gasteiger partial charge on any atom is 0.228 e. The molecule has 0 saturated carbocycles. The molecule has 0 aliphatic carbocycles. The van der Waals surface area contributed by atoms with Crippen molar-refractivity contribution in [1.82, 2.24) is 10.2 Å². The zero-order valence-corrected chi connectivity index (χ0v) is 10.8. The number of carbonyl (C=O) groups excluding carboxylic acids is 1. The molecule has 3 aromatic rings. The molecule has 1 amide bonds. The quantitative estimate of drug-likeness (QED) is 0.636. The van der Waals surface area contributed by atoms with E-state index in [-0.39, 0.29) is 5.91 Å². The van der Waals surface area contributed by atoms with Crippen molar-refractivity contribution in [3.63, 3.8) is 0 Å². The van der Waals surface area contributed by atoms with Gasteiger partial charge in [0, 0.05) is 16.8 Å². The van der Waals surface area contributed by atoms with Crippen molar-refractivity contribution in [3.05, 3.63) is 54.2 Å². The van der Waals surface area contributed by atoms with Crippen LogP contribution < -0.4 is 11.1 Å². The average Bonchev–Trinajstić information content (AvgIpc) is 2.86. The van der Waals surface area contributed by atoms with Crippen LogP contribution in [-0.2, 0) is 11.2 Å². The molecule has 0 bridgehead atoms. The van der Waals surface area contributed by atoms with Crippen molar-refractivity contribution in [2.75, 3.05) is 11.1 Å². The van der Waals surface area contributed by atoms with Crippen LogP contribution in [0.1, 0.15) is 5.56 Å². The number of fused-ring (bicyclic) bond motifs is 1. The molecule has 2 aromatic carbocycles. The van der Waals surface area contributed by atoms with Crippen molar-refractivity contribution in [2.24, 2.45) is 0 Å². The van der Waals surface area contributed by atoms with E-state index in [4.69, 9.17) is 5.73 Å². The first kappa shape index (κ1) is 12.2. The summed E-state index contributed by atoms with van der Waals surface area (Å²) in [7, 11) is 0. The summed E-state index contributed by atoms with van der Waals surface area (Å²) in [6.07, 6.45) is 2.04. The number of hydrogen-bond acceptors (Lipinski definition) is 3. The summed E-state index contributed by atoms with van der Waals surface area (Å²) in [6.45, 7) is 0. The lowest BCUT2D eigenvalue weighted by atomic mass is 10.1. The number of benzene rings is 2. The lowest BCUT2D eigenvalue weighted by Crippen LogP contribution is -2.14. The van der Waals surface area contributed by atoms with Crippen molar-refractivity contribution in [2.45, 2.75) is 6.42 Å². The number of aromatic amines is 1. The van der Waals surface area contributed by atoms with Gasteiger partial charge < -0.3 is 11.1 Å². The highest BCUT2D eigenvalue weighted by Crippen LogP contribution is 2.17. The Balaban J connectivity index is 1.72. The standard InChI is InChI=1S/C15H14N4O/c16-12-3-1-2-10(6-12)7-15(20)18-13-5-4-11-9-17-19-14(11)8-13/h1-6,8-9H,7,16H2,(H,17,19)(H,18,20). The van der Waals surface area contributed by atoms with Crippen LogP contribution in [-0.4, -0.2) is 16.1 Å². The topological polar surface area (TPSA) is 83.8 Å². The molecule has 0 radical (unpaired) electrons. The zero-order chi connectivity index (χ0) is 13.9. The van der Waals surface area contributed by atoms with Gasteiger partial charge in [-0.05, 0) is 35.9 Å². The molecule has 0 aliphatic rings. The molecule has 5 heteroatoms. The van der Waals surface area contributed by atoms with E-state index in [0.717, 1.165) is 22.2 Å². The number of rotatable bonds is 3. The molecule has 1 aromatic heterocycles. The zero-order valence-electron chi connectivity index (χ0n) is 10.8. The Bertz CT molecular complexity index is 763. The largest absolute Gasteiger partial charge is 0.399 e. The van der Waals surface area contributed by atoms with Crippen molar-refractivity contribution >= 4 is 28.2 Å². The van der Waals surface area contributed by atoms with Gasteiger partial charge in [0.15, 0.2) is 0 Å². The number of carbonyl (C=O) groups is 1. The van der Waals surface area contributed by atoms with E-state index in [1.54, 1.807) is 18.3 Å². The van der Waals surface area contributed by atoms with Crippen LogP contribution in [0.25, 0.3) is 10.9 Å². The molecule has 0 fully saturated rings. The van der Waals surface area contributed by atoms with E-state index in [1.165, 1.54) is 0 Å². The molecule has 1 heterocycles. The fraction of sp³-hybridized carbons (Fsp3) is 0.0667. The molecule has 3 rings (SSSR count). The first-order valence-corrected chi connectivity index (χ1v) is 6.28. The van der Waals surface area contributed by atoms with Crippen LogP contribution in [0.2, 0.25) is 0 Å². The van der Waals surface area contributed by atoms with E-state index in [1.807, 2.05) is 30.3 Å². The average molecular weight is 266 g/mol. The fourth-order valence-corrected chi connectivity index (χ4v) is 2.11. The van der Waals surface area contributed by atoms with Crippen LogP contribution in [0.15, 0.2) is 48.7 Å². The minimum Gasteiger partial charge on any atom is -0.399 e. The number of amides is 1. The maximum atomic E-state index is 12.0. The molecule has 0 spiro atoms. The predicted octanol–water partition coefficient (Wildman–Crippen LogP) is 2.33. The lowest BCUT2D eigenvalue weighted by Gasteiger charge is -2.06. The molecule has 20 heavy (non-hydrogen) atoms. The second-order valence-electron chi connectivity index (χ2n) is 4.64. The molecule has 0 aliphatic heterocycles. The molecule has 100 valence electrons. The Morgan fingerprint density at radius 2 is 2.15 bits per heavy atom. The monoisotopic (exact) mass is 266 g/mol. The van der Waals surface area contributed by atoms with Crippen LogP contribution >= 0.6 is 0 Å². The Labute approximate surface area is 115 Å². The van der Waals surface area contributed by atoms with Gasteiger partial charge in [0.25, 0.3) is 0 Å². The SMILES string of the molecule is Nc1cccc(CC(=O)Nc2ccc3cn[nH]c3c2)c1. The Morgan fingerprint density at radius 1 is 1.25 bits per heavy atom. The van der Waals surface area contributed by atoms with Gasteiger partial charge in [-0.2, -0.15) is 5.10 Å². The van der Waals surface area contributed by atoms with Gasteiger partial charge in [0.2, 0.25) is 5.91 Å². The number of hydrogen-bond donors (Lipinski definition) is 3. The molecular formula is C15H14N4O. The van der Waals surface area contributed by atoms with Gasteiger partial charge in [0.05, 0.1) is 18.1 Å². The summed E-state index contributed by atoms with van der Waals surface area (Å²) in [5.74, 6) is -0.0746. The Kier molecular flexibility index (Phi) is 3.09. The number of aromatic nitrogens is 2. The number of nitrogen functional groups attached to an aromatic ring is 1. The summed E-state index contributed by atoms with van der Waals surface area (Å²) in [5, 5.41) is 10.7. The van der Waals surface area contributed by atoms with Crippen LogP contribution in [0.5, 0.6) is 0 Å². The van der Waals surface area contributed by atoms with E-state index in [0.29, 0.717) is 12.1 Å². The second-order valence-corrected chi connectivity index (χ2v) is 4.64. The Hall–Kier alpha value is -2.82. The minimum absolute atomic E-state index is 0.0746. The van der Waals surface area contributed by atoms with Gasteiger partial charge in [-0.3, -0.25) is 9.89 Å². The number of nitrogens with zero attached hydrogens (tertiary/aromatic N) is 1. The lowest BCUT2D eigenvalue weighted by molar-refractivity contribution is -0.115. The van der Waals surface area contributed by atoms with E-state index in [9.17, 15) is 4.79 Å². The number of nitrogens with one attached hydrogen (secondary N) is 2. The number of H-pyrrole nitrogens is 1. The molecule has 0 saturated heterocycles. The predicted molar refractivity (Wildman–Crippen MR) is 79.3 cm³/mol. The van der Waals surface area contributed by atoms with E-state index >= 15 is 0 Å². The molecule has 4 N–H and O–H groups in total. The first-order valence-electron chi connectivity index (χ1n) is 6.28. The smallest absolute Gasteiger partial charge is 0.228 e. The van der Waals surface area contributed by atoms with Gasteiger partial charge in [-0.15, -0.1) is 0 Å². The molecule has 0 atom stereocenters. The fourth-order valence-electron chi connectivity index (χ4n) is 2.11. The normalized spacial score (nSPS) is 10.6. The minimum atomic E-state index is -0.0746. The highest BCUT2D eigenvalue weighted by molar-refractivity contribution is 5.94. The molecule has 0 unspecified atom stereocenters. The first-order chi connectivity index (χ1) is 9.70. The van der Waals surface area contributed by atoms with Gasteiger partial charge in [-0.1, -0.05) is 12.1 Å². The van der Waals surface area contributed by atoms with Gasteiger partial charge in [-0.25, -0.2) is 0 Å².